The highest BCUT2D eigenvalue weighted by Crippen LogP contribution is 2.61. The lowest BCUT2D eigenvalue weighted by atomic mass is 9.76. The molecule has 3 aliphatic rings. The van der Waals surface area contributed by atoms with Crippen LogP contribution in [0.5, 0.6) is 51.7 Å². The number of aliphatic hydroxyl groups excluding tert-OH is 1. The molecule has 6 N–H and O–H groups in total. The Morgan fingerprint density at radius 3 is 2.29 bits per heavy atom. The van der Waals surface area contributed by atoms with Gasteiger partial charge < -0.3 is 49.6 Å². The third-order valence-corrected chi connectivity index (χ3v) is 8.08. The van der Waals surface area contributed by atoms with Gasteiger partial charge in [0.1, 0.15) is 23.4 Å². The molecule has 10 heteroatoms. The first-order valence-corrected chi connectivity index (χ1v) is 13.0. The smallest absolute Gasteiger partial charge is 0.279 e. The molecule has 210 valence electrons. The molecule has 41 heavy (non-hydrogen) atoms. The van der Waals surface area contributed by atoms with Gasteiger partial charge in [-0.05, 0) is 42.0 Å². The first-order chi connectivity index (χ1) is 19.7. The van der Waals surface area contributed by atoms with Gasteiger partial charge in [0, 0.05) is 47.1 Å². The summed E-state index contributed by atoms with van der Waals surface area (Å²) in [5, 5.41) is 62.2. The van der Waals surface area contributed by atoms with Crippen molar-refractivity contribution in [2.24, 2.45) is 0 Å². The van der Waals surface area contributed by atoms with Gasteiger partial charge in [-0.25, -0.2) is 0 Å². The second-order valence-corrected chi connectivity index (χ2v) is 10.5. The highest BCUT2D eigenvalue weighted by Gasteiger charge is 2.53. The van der Waals surface area contributed by atoms with Crippen LogP contribution in [-0.2, 0) is 12.2 Å². The highest BCUT2D eigenvalue weighted by molar-refractivity contribution is 5.66. The van der Waals surface area contributed by atoms with E-state index >= 15 is 0 Å². The summed E-state index contributed by atoms with van der Waals surface area (Å²) in [7, 11) is 1.53. The van der Waals surface area contributed by atoms with Gasteiger partial charge in [-0.1, -0.05) is 18.2 Å². The number of methoxy groups -OCH3 is 1. The molecule has 0 saturated heterocycles. The number of para-hydroxylation sites is 1. The molecule has 3 heterocycles. The van der Waals surface area contributed by atoms with E-state index in [0.29, 0.717) is 39.5 Å². The SMILES string of the molecule is COc1cccc2c1OC1(c3ccc(O)c(O)c3)CC2c2c(cc(O)c3c2O[C@H](c2ccc(O)c(O)c2)[C@@H](O)C3)O1. The maximum Gasteiger partial charge on any atom is 0.279 e. The van der Waals surface area contributed by atoms with Gasteiger partial charge in [-0.3, -0.25) is 0 Å². The quantitative estimate of drug-likeness (QED) is 0.199. The molecule has 3 aliphatic heterocycles. The van der Waals surface area contributed by atoms with Crippen molar-refractivity contribution in [1.29, 1.82) is 0 Å². The lowest BCUT2D eigenvalue weighted by molar-refractivity contribution is -0.150. The summed E-state index contributed by atoms with van der Waals surface area (Å²) in [4.78, 5) is 0. The van der Waals surface area contributed by atoms with Gasteiger partial charge in [0.15, 0.2) is 34.5 Å². The Morgan fingerprint density at radius 1 is 0.805 bits per heavy atom. The lowest BCUT2D eigenvalue weighted by Crippen LogP contribution is -2.47. The number of benzene rings is 4. The molecule has 2 unspecified atom stereocenters. The van der Waals surface area contributed by atoms with Crippen LogP contribution < -0.4 is 18.9 Å². The first-order valence-electron chi connectivity index (χ1n) is 13.0. The van der Waals surface area contributed by atoms with Crippen LogP contribution in [-0.4, -0.2) is 43.9 Å². The van der Waals surface area contributed by atoms with Crippen LogP contribution in [0, 0.1) is 0 Å². The lowest BCUT2D eigenvalue weighted by Gasteiger charge is -2.47. The zero-order valence-corrected chi connectivity index (χ0v) is 21.7. The van der Waals surface area contributed by atoms with Gasteiger partial charge in [0.2, 0.25) is 0 Å². The number of aliphatic hydroxyl groups is 1. The maximum absolute atomic E-state index is 11.1. The number of hydrogen-bond acceptors (Lipinski definition) is 10. The summed E-state index contributed by atoms with van der Waals surface area (Å²) in [6, 6.07) is 15.5. The normalized spacial score (nSPS) is 23.6. The Hall–Kier alpha value is -4.96. The molecule has 0 saturated carbocycles. The number of aromatic hydroxyl groups is 5. The largest absolute Gasteiger partial charge is 0.507 e. The molecule has 2 bridgehead atoms. The highest BCUT2D eigenvalue weighted by atomic mass is 16.7. The van der Waals surface area contributed by atoms with E-state index in [1.54, 1.807) is 18.2 Å². The summed E-state index contributed by atoms with van der Waals surface area (Å²) >= 11 is 0. The van der Waals surface area contributed by atoms with E-state index in [9.17, 15) is 30.6 Å². The topological polar surface area (TPSA) is 158 Å². The number of fused-ring (bicyclic) bond motifs is 8. The summed E-state index contributed by atoms with van der Waals surface area (Å²) in [6.45, 7) is 0. The van der Waals surface area contributed by atoms with Crippen LogP contribution in [0.4, 0.5) is 0 Å². The molecular formula is C31H26O10. The zero-order chi connectivity index (χ0) is 28.6. The van der Waals surface area contributed by atoms with Crippen molar-refractivity contribution >= 4 is 0 Å². The third kappa shape index (κ3) is 3.67. The van der Waals surface area contributed by atoms with E-state index in [1.165, 1.54) is 37.4 Å². The van der Waals surface area contributed by atoms with Crippen LogP contribution in [0.15, 0.2) is 60.7 Å². The zero-order valence-electron chi connectivity index (χ0n) is 21.7. The number of hydrogen-bond donors (Lipinski definition) is 6. The molecule has 4 aromatic rings. The molecule has 0 aliphatic carbocycles. The first kappa shape index (κ1) is 25.0. The van der Waals surface area contributed by atoms with E-state index in [1.807, 2.05) is 12.1 Å². The van der Waals surface area contributed by atoms with Crippen molar-refractivity contribution in [3.05, 3.63) is 88.5 Å². The maximum atomic E-state index is 11.1. The van der Waals surface area contributed by atoms with Gasteiger partial charge >= 0.3 is 0 Å². The molecule has 7 rings (SSSR count). The van der Waals surface area contributed by atoms with Crippen molar-refractivity contribution in [3.8, 4) is 51.7 Å². The van der Waals surface area contributed by atoms with Crippen LogP contribution >= 0.6 is 0 Å². The molecule has 10 nitrogen and oxygen atoms in total. The molecule has 4 atom stereocenters. The fourth-order valence-corrected chi connectivity index (χ4v) is 6.11. The van der Waals surface area contributed by atoms with Gasteiger partial charge in [0.05, 0.1) is 13.2 Å². The summed E-state index contributed by atoms with van der Waals surface area (Å²) < 4.78 is 25.1. The Balaban J connectivity index is 1.44. The minimum atomic E-state index is -1.46. The minimum Gasteiger partial charge on any atom is -0.507 e. The predicted octanol–water partition coefficient (Wildman–Crippen LogP) is 4.42. The van der Waals surface area contributed by atoms with E-state index in [4.69, 9.17) is 18.9 Å². The van der Waals surface area contributed by atoms with Crippen molar-refractivity contribution in [1.82, 2.24) is 0 Å². The van der Waals surface area contributed by atoms with Gasteiger partial charge in [-0.15, -0.1) is 0 Å². The number of phenolic OH excluding ortho intramolecular Hbond substituents is 5. The number of phenols is 5. The fraction of sp³-hybridized carbons (Fsp3) is 0.226. The van der Waals surface area contributed by atoms with E-state index in [2.05, 4.69) is 0 Å². The van der Waals surface area contributed by atoms with Gasteiger partial charge in [0.25, 0.3) is 5.79 Å². The molecule has 0 aromatic heterocycles. The Labute approximate surface area is 233 Å². The van der Waals surface area contributed by atoms with Crippen LogP contribution in [0.1, 0.15) is 46.3 Å². The molecule has 0 radical (unpaired) electrons. The van der Waals surface area contributed by atoms with Crippen LogP contribution in [0.25, 0.3) is 0 Å². The van der Waals surface area contributed by atoms with Crippen molar-refractivity contribution in [2.75, 3.05) is 7.11 Å². The molecule has 4 aromatic carbocycles. The van der Waals surface area contributed by atoms with Crippen LogP contribution in [0.3, 0.4) is 0 Å². The second kappa shape index (κ2) is 8.77. The van der Waals surface area contributed by atoms with Crippen molar-refractivity contribution < 1.29 is 49.6 Å². The molecule has 0 fully saturated rings. The average molecular weight is 559 g/mol. The summed E-state index contributed by atoms with van der Waals surface area (Å²) in [5.74, 6) is -1.76. The van der Waals surface area contributed by atoms with Gasteiger partial charge in [-0.2, -0.15) is 0 Å². The van der Waals surface area contributed by atoms with E-state index < -0.39 is 23.9 Å². The van der Waals surface area contributed by atoms with E-state index in [-0.39, 0.29) is 47.3 Å². The standard InChI is InChI=1S/C31H26O10/c1-38-25-4-2-3-16-18-13-31(41-29(16)25,15-6-8-20(33)23(36)10-15)40-26-12-21(34)17-11-24(37)28(39-30(17)27(18)26)14-5-7-19(32)22(35)9-14/h2-10,12,18,24,28,32-37H,11,13H2,1H3/t18?,24-,28+,31?/m0/s1. The minimum absolute atomic E-state index is 0.0614. The van der Waals surface area contributed by atoms with Crippen LogP contribution in [0.2, 0.25) is 0 Å². The number of rotatable bonds is 3. The Kier molecular flexibility index (Phi) is 5.36. The number of ether oxygens (including phenoxy) is 4. The average Bonchev–Trinajstić information content (AvgIpc) is 2.95. The summed E-state index contributed by atoms with van der Waals surface area (Å²) in [6.07, 6.45) is -1.66. The Bertz CT molecular complexity index is 1720. The molecule has 0 spiro atoms. The summed E-state index contributed by atoms with van der Waals surface area (Å²) in [5.41, 5.74) is 2.70. The molecule has 0 amide bonds. The predicted molar refractivity (Wildman–Crippen MR) is 143 cm³/mol. The monoisotopic (exact) mass is 558 g/mol. The van der Waals surface area contributed by atoms with Crippen molar-refractivity contribution in [3.63, 3.8) is 0 Å². The van der Waals surface area contributed by atoms with E-state index in [0.717, 1.165) is 5.56 Å². The second-order valence-electron chi connectivity index (χ2n) is 10.5. The van der Waals surface area contributed by atoms with Crippen molar-refractivity contribution in [2.45, 2.75) is 36.8 Å². The fourth-order valence-electron chi connectivity index (χ4n) is 6.11. The third-order valence-electron chi connectivity index (χ3n) is 8.08. The Morgan fingerprint density at radius 2 is 1.56 bits per heavy atom. The molecular weight excluding hydrogens is 532 g/mol.